The van der Waals surface area contributed by atoms with Crippen LogP contribution >= 0.6 is 24.0 Å². The summed E-state index contributed by atoms with van der Waals surface area (Å²) in [6.07, 6.45) is -4.24. The Bertz CT molecular complexity index is 6000. The number of carbonyl (C=O) groups is 7. The van der Waals surface area contributed by atoms with Crippen molar-refractivity contribution in [3.05, 3.63) is 183 Å². The molecule has 0 aliphatic carbocycles. The molecule has 5 aromatic carbocycles. The highest BCUT2D eigenvalue weighted by molar-refractivity contribution is 6.46. The van der Waals surface area contributed by atoms with Gasteiger partial charge in [0.2, 0.25) is 5.91 Å². The first-order valence-corrected chi connectivity index (χ1v) is 45.4. The number of ether oxygens (including phenoxy) is 8. The van der Waals surface area contributed by atoms with Crippen molar-refractivity contribution in [3.8, 4) is 23.0 Å². The number of nitrogens with zero attached hydrogens (tertiary/aromatic N) is 9. The largest absolute Gasteiger partial charge is 0.488 e. The number of carboxylic acids is 2. The molecule has 5 saturated heterocycles. The van der Waals surface area contributed by atoms with Crippen LogP contribution in [0.15, 0.2) is 121 Å². The van der Waals surface area contributed by atoms with Crippen LogP contribution in [-0.2, 0) is 58.7 Å². The van der Waals surface area contributed by atoms with Gasteiger partial charge in [0.15, 0.2) is 0 Å². The third kappa shape index (κ3) is 29.3. The number of carboxylic acid groups (broad SMARTS) is 2. The highest BCUT2D eigenvalue weighted by atomic mass is 35.5. The topological polar surface area (TPSA) is 404 Å². The summed E-state index contributed by atoms with van der Waals surface area (Å²) < 4.78 is 82.4. The number of rotatable bonds is 19. The second-order valence-electron chi connectivity index (χ2n) is 37.4. The van der Waals surface area contributed by atoms with Gasteiger partial charge in [-0.1, -0.05) is 90.5 Å². The predicted molar refractivity (Wildman–Crippen MR) is 520 cm³/mol. The quantitative estimate of drug-likeness (QED) is 0.0225. The van der Waals surface area contributed by atoms with Crippen molar-refractivity contribution < 1.29 is 115 Å². The van der Waals surface area contributed by atoms with Crippen LogP contribution in [0, 0.1) is 73.6 Å². The number of fused-ring (bicyclic) bond motifs is 5. The summed E-state index contributed by atoms with van der Waals surface area (Å²) in [6, 6.07) is 34.5. The molecule has 5 aliphatic heterocycles. The van der Waals surface area contributed by atoms with Gasteiger partial charge in [-0.05, 0) is 182 Å². The molecule has 15 rings (SSSR count). The standard InChI is InChI=1S/C29H40N2O6.C18H23BN2O4.C17H21BN2O4.C17H20N2O3.C11H7ClF3N.C6H12BNO4.ClH/c1-17-10-11-22-20(12-17)24(13-18(2)30-22)36-19-14-23(27(34)35-9)31(16-19)26(33)21(28(3,4)5)15-25(32)37-29(6,7)8;1-11-5-6-15-14(7-11)17(8-12(2)20-15)25-13-9-16(18(22)24-4)21(10-13)19(3)23;1-10-4-5-14-13(6-10)16(7-11(2)19-14)24-12-8-15(17(21)22)20(9-12)18(3)23;1-10-4-5-14-13(6-10)16(7-11(2)19-14)22-12-8-15(18-9-12)17(20)21-3;1-6-2-3-9-7(4-6)8(12)5-10(16-9)11(13,14)15;1-7(12)8-3-4(9)2-5(8)6(10)11;/h10-13,19,21,23H,14-16H2,1-9H3;5-8,13,16,23H,9-10H2,1-4H3;4-7,12,15,23H,8-9H2,1-3H3,(H,21,22);4-7,12,15,18H,8-9H2,1-3H3;2-5H,1H3;4-5,9,12H,2-3H2,1H3,(H,10,11);1H/t19-,21-,23+;13-,16+;2*12-,15+;;4-,5+;/m1111.1./s1. The van der Waals surface area contributed by atoms with E-state index in [1.165, 1.54) is 49.5 Å². The van der Waals surface area contributed by atoms with Crippen LogP contribution in [0.1, 0.15) is 136 Å². The van der Waals surface area contributed by atoms with Gasteiger partial charge in [0.1, 0.15) is 88.9 Å². The molecular formula is C98H124B3Cl2F3N10O21. The number of aliphatic hydroxyl groups is 1. The smallest absolute Gasteiger partial charge is 0.433 e. The first kappa shape index (κ1) is 110. The summed E-state index contributed by atoms with van der Waals surface area (Å²) >= 11 is 5.80. The van der Waals surface area contributed by atoms with E-state index in [2.05, 4.69) is 42.4 Å². The van der Waals surface area contributed by atoms with Gasteiger partial charge in [-0.15, -0.1) is 12.4 Å². The number of amides is 1. The van der Waals surface area contributed by atoms with E-state index in [1.807, 2.05) is 168 Å². The van der Waals surface area contributed by atoms with Crippen molar-refractivity contribution in [1.82, 2.24) is 49.6 Å². The van der Waals surface area contributed by atoms with Crippen LogP contribution in [0.2, 0.25) is 25.5 Å². The average molecular weight is 1940 g/mol. The summed E-state index contributed by atoms with van der Waals surface area (Å²) in [6.45, 7) is 35.4. The summed E-state index contributed by atoms with van der Waals surface area (Å²) in [5.74, 6) is -1.48. The van der Waals surface area contributed by atoms with Crippen molar-refractivity contribution >= 4 is 141 Å². The third-order valence-electron chi connectivity index (χ3n) is 23.7. The predicted octanol–water partition coefficient (Wildman–Crippen LogP) is 14.0. The molecule has 1 amide bonds. The number of aromatic nitrogens is 5. The molecule has 11 atom stereocenters. The first-order chi connectivity index (χ1) is 63.8. The summed E-state index contributed by atoms with van der Waals surface area (Å²) in [5.41, 5.74) is 10.5. The third-order valence-corrected chi connectivity index (χ3v) is 24.0. The Morgan fingerprint density at radius 1 is 0.453 bits per heavy atom. The first-order valence-electron chi connectivity index (χ1n) is 45.1. The van der Waals surface area contributed by atoms with Gasteiger partial charge >= 0.3 is 63.1 Å². The number of β-amino-alcohol motifs (C(OH)–C–C–N with tert-alkyl or cyclic N) is 1. The summed E-state index contributed by atoms with van der Waals surface area (Å²) in [4.78, 5) is 113. The number of hydrogen-bond acceptors (Lipinski definition) is 28. The van der Waals surface area contributed by atoms with E-state index in [4.69, 9.17) is 64.7 Å². The number of aliphatic carboxylic acids is 2. The maximum absolute atomic E-state index is 13.9. The minimum Gasteiger partial charge on any atom is -0.488 e. The zero-order chi connectivity index (χ0) is 100. The molecule has 10 aromatic rings. The van der Waals surface area contributed by atoms with Crippen molar-refractivity contribution in [3.63, 3.8) is 0 Å². The number of methoxy groups -OCH3 is 3. The fraction of sp³-hybridized carbons (Fsp3) is 0.469. The van der Waals surface area contributed by atoms with E-state index in [9.17, 15) is 61.9 Å². The highest BCUT2D eigenvalue weighted by Gasteiger charge is 2.49. The Hall–Kier alpha value is -11.1. The van der Waals surface area contributed by atoms with E-state index >= 15 is 0 Å². The molecule has 10 heterocycles. The molecule has 5 aromatic heterocycles. The fourth-order valence-electron chi connectivity index (χ4n) is 17.1. The SMILES string of the molecule is CB(O)N1C[C@H](O)C[C@H]1C(=O)O.CB(O)N1C[C@H](Oc2cc(C)nc3ccc(C)cc23)C[C@H]1C(=O)O.COC(=O)[C@@H]1C[C@@H](Oc2cc(C)nc3ccc(C)cc23)CN1.COC(=O)[C@@H]1C[C@@H](Oc2cc(C)nc3ccc(C)cc23)CN1B(C)O.COC(=O)[C@@H]1C[C@@H](Oc2cc(C)nc3ccc(C)cc23)CN1C(=O)[C@@H](CC(=O)OC(C)(C)C)C(C)(C)C.Cc1ccc2nc(C(F)(F)F)cc(Cl)c2c1.Cl. The van der Waals surface area contributed by atoms with Gasteiger partial charge in [-0.25, -0.2) is 9.78 Å². The van der Waals surface area contributed by atoms with Gasteiger partial charge in [0.05, 0.1) is 78.9 Å². The van der Waals surface area contributed by atoms with E-state index in [1.54, 1.807) is 56.2 Å². The highest BCUT2D eigenvalue weighted by Crippen LogP contribution is 2.40. The van der Waals surface area contributed by atoms with Gasteiger partial charge in [0.25, 0.3) is 0 Å². The Morgan fingerprint density at radius 3 is 1.14 bits per heavy atom. The average Bonchev–Trinajstić information content (AvgIpc) is 1.78. The molecule has 5 fully saturated rings. The molecule has 137 heavy (non-hydrogen) atoms. The number of esters is 4. The molecule has 39 heteroatoms. The monoisotopic (exact) mass is 1940 g/mol. The second-order valence-corrected chi connectivity index (χ2v) is 37.8. The van der Waals surface area contributed by atoms with Crippen LogP contribution < -0.4 is 24.3 Å². The fourth-order valence-corrected chi connectivity index (χ4v) is 17.4. The number of hydrogen-bond donors (Lipinski definition) is 7. The van der Waals surface area contributed by atoms with Crippen molar-refractivity contribution in [1.29, 1.82) is 0 Å². The molecule has 5 aliphatic rings. The van der Waals surface area contributed by atoms with Gasteiger partial charge in [0, 0.05) is 126 Å². The van der Waals surface area contributed by atoms with Crippen LogP contribution in [0.3, 0.4) is 0 Å². The lowest BCUT2D eigenvalue weighted by Gasteiger charge is -2.34. The number of aryl methyl sites for hydroxylation is 9. The molecule has 0 radical (unpaired) electrons. The number of benzene rings is 5. The molecule has 0 bridgehead atoms. The van der Waals surface area contributed by atoms with E-state index in [-0.39, 0.29) is 97.5 Å². The number of halogens is 5. The number of carbonyl (C=O) groups excluding carboxylic acids is 5. The van der Waals surface area contributed by atoms with Crippen LogP contribution in [0.4, 0.5) is 13.2 Å². The van der Waals surface area contributed by atoms with E-state index in [0.29, 0.717) is 55.8 Å². The lowest BCUT2D eigenvalue weighted by atomic mass is 9.77. The lowest BCUT2D eigenvalue weighted by Crippen LogP contribution is -2.48. The zero-order valence-corrected chi connectivity index (χ0v) is 82.7. The Morgan fingerprint density at radius 2 is 0.788 bits per heavy atom. The number of nitrogens with one attached hydrogen (secondary N) is 1. The number of pyridine rings is 5. The normalized spacial score (nSPS) is 20.1. The minimum absolute atomic E-state index is 0. The second kappa shape index (κ2) is 47.0. The van der Waals surface area contributed by atoms with Crippen LogP contribution in [0.25, 0.3) is 54.5 Å². The summed E-state index contributed by atoms with van der Waals surface area (Å²) in [7, 11) is 1.70. The van der Waals surface area contributed by atoms with E-state index < -0.39 is 110 Å². The Kier molecular flexibility index (Phi) is 37.6. The molecule has 0 saturated carbocycles. The van der Waals surface area contributed by atoms with Gasteiger partial charge in [-0.3, -0.25) is 48.7 Å². The molecular weight excluding hydrogens is 1810 g/mol. The molecule has 736 valence electrons. The number of alkyl halides is 3. The minimum atomic E-state index is -4.47. The maximum atomic E-state index is 13.9. The molecule has 0 spiro atoms. The maximum Gasteiger partial charge on any atom is 0.433 e. The lowest BCUT2D eigenvalue weighted by molar-refractivity contribution is -0.162. The van der Waals surface area contributed by atoms with Gasteiger partial charge in [-0.2, -0.15) is 13.2 Å². The Balaban J connectivity index is 0.000000189. The zero-order valence-electron chi connectivity index (χ0n) is 81.2. The number of likely N-dealkylation sites (tertiary alicyclic amines) is 1. The molecule has 31 nitrogen and oxygen atoms in total. The molecule has 7 N–H and O–H groups in total. The van der Waals surface area contributed by atoms with Crippen LogP contribution in [-0.4, -0.2) is 258 Å². The van der Waals surface area contributed by atoms with Crippen molar-refractivity contribution in [2.75, 3.05) is 54.1 Å². The van der Waals surface area contributed by atoms with E-state index in [0.717, 1.165) is 106 Å². The number of aliphatic hydroxyl groups excluding tert-OH is 1. The van der Waals surface area contributed by atoms with Crippen molar-refractivity contribution in [2.24, 2.45) is 11.3 Å². The van der Waals surface area contributed by atoms with Gasteiger partial charge < -0.3 is 92.9 Å². The Labute approximate surface area is 807 Å². The van der Waals surface area contributed by atoms with Crippen molar-refractivity contribution in [2.45, 2.75) is 235 Å². The van der Waals surface area contributed by atoms with Crippen LogP contribution in [0.5, 0.6) is 23.0 Å². The summed E-state index contributed by atoms with van der Waals surface area (Å²) in [5, 5.41) is 63.6. The molecule has 0 unspecified atom stereocenters.